The molecule has 0 spiro atoms. The lowest BCUT2D eigenvalue weighted by Crippen LogP contribution is -1.94. The average Bonchev–Trinajstić information content (AvgIpc) is 2.87. The van der Waals surface area contributed by atoms with E-state index in [0.29, 0.717) is 146 Å². The van der Waals surface area contributed by atoms with Crippen LogP contribution in [0.15, 0.2) is 231 Å². The van der Waals surface area contributed by atoms with Gasteiger partial charge < -0.3 is 46.6 Å². The molecule has 9 heterocycles. The van der Waals surface area contributed by atoms with Crippen LogP contribution in [0.1, 0.15) is 0 Å². The van der Waals surface area contributed by atoms with Crippen LogP contribution in [0.2, 0.25) is 0 Å². The van der Waals surface area contributed by atoms with Crippen LogP contribution >= 0.6 is 0 Å². The van der Waals surface area contributed by atoms with E-state index in [2.05, 4.69) is 9.97 Å². The van der Waals surface area contributed by atoms with Crippen molar-refractivity contribution in [1.29, 1.82) is 0 Å². The first-order valence-corrected chi connectivity index (χ1v) is 27.3. The SMILES string of the molecule is O=c1ccc2ccc(Oc3ccc4c(c3)-c3nc-4nc4[nH]c(nc5nc(nc6[nH]c(n3)c3cc(Oc7ccc8ccc(=O)oc8c7)ccc63)-c3ccc(Oc6ccc7ccc(=O)oc7c6)cc3-5)c3cc(Oc5ccc6ccc(=O)oc6c5)ccc43)cc2o1. The second kappa shape index (κ2) is 19.4. The molecule has 88 heavy (non-hydrogen) atoms. The lowest BCUT2D eigenvalue weighted by atomic mass is 10.1. The standard InChI is InChI=1S/C68H34N8O12/c77-57-21-5-33-1-9-41(29-53(33)85-57)81-37-13-17-45-49(25-37)65-71-61(45)69-62-47-19-15-39(83-43-11-3-35-7-23-59(79)87-55(35)31-43)27-51(47)67(73-62)76-68-52-28-40(84-44-12-4-36-8-24-60(80)88-56(36)32-44)16-20-48(52)64(74-68)70-63-46-18-14-38(26-50(46)66(72-63)75-65)82-42-10-2-34-6-22-58(78)86-54(34)30-42/h1-32H,(H2,69,70,71,72,73,74,75,76). The number of nitrogens with zero attached hydrogens (tertiary/aromatic N) is 6. The summed E-state index contributed by atoms with van der Waals surface area (Å²) in [5.41, 5.74) is 3.35. The zero-order valence-electron chi connectivity index (χ0n) is 45.1. The Labute approximate surface area is 489 Å². The minimum atomic E-state index is -0.489. The van der Waals surface area contributed by atoms with E-state index >= 15 is 0 Å². The van der Waals surface area contributed by atoms with Crippen LogP contribution in [0.4, 0.5) is 0 Å². The van der Waals surface area contributed by atoms with Gasteiger partial charge in [0.05, 0.1) is 0 Å². The van der Waals surface area contributed by atoms with E-state index in [9.17, 15) is 19.2 Å². The number of aromatic nitrogens is 8. The normalized spacial score (nSPS) is 11.8. The highest BCUT2D eigenvalue weighted by molar-refractivity contribution is 6.07. The van der Waals surface area contributed by atoms with Gasteiger partial charge in [-0.2, -0.15) is 0 Å². The number of hydrogen-bond acceptors (Lipinski definition) is 18. The van der Waals surface area contributed by atoms with Crippen molar-refractivity contribution < 1.29 is 36.6 Å². The molecule has 0 radical (unpaired) electrons. The van der Waals surface area contributed by atoms with Crippen molar-refractivity contribution in [3.05, 3.63) is 236 Å². The molecule has 0 amide bonds. The van der Waals surface area contributed by atoms with Gasteiger partial charge in [0, 0.05) is 114 Å². The van der Waals surface area contributed by atoms with Gasteiger partial charge in [-0.25, -0.2) is 49.1 Å². The Morgan fingerprint density at radius 1 is 0.250 bits per heavy atom. The van der Waals surface area contributed by atoms with Gasteiger partial charge in [-0.1, -0.05) is 0 Å². The Kier molecular flexibility index (Phi) is 10.9. The molecule has 2 N–H and O–H groups in total. The van der Waals surface area contributed by atoms with Crippen molar-refractivity contribution in [3.63, 3.8) is 0 Å². The number of ether oxygens (including phenoxy) is 4. The second-order valence-electron chi connectivity index (χ2n) is 20.7. The Bertz CT molecular complexity index is 5620. The fraction of sp³-hybridized carbons (Fsp3) is 0. The molecule has 0 unspecified atom stereocenters. The minimum Gasteiger partial charge on any atom is -0.457 e. The van der Waals surface area contributed by atoms with Crippen molar-refractivity contribution in [3.8, 4) is 91.5 Å². The minimum absolute atomic E-state index is 0.268. The summed E-state index contributed by atoms with van der Waals surface area (Å²) >= 11 is 0. The first-order chi connectivity index (χ1) is 43.0. The molecule has 7 aromatic heterocycles. The zero-order valence-corrected chi connectivity index (χ0v) is 45.1. The van der Waals surface area contributed by atoms with Crippen molar-refractivity contribution in [2.75, 3.05) is 0 Å². The van der Waals surface area contributed by atoms with Gasteiger partial charge in [-0.3, -0.25) is 0 Å². The van der Waals surface area contributed by atoms with Gasteiger partial charge >= 0.3 is 22.5 Å². The maximum absolute atomic E-state index is 12.2. The van der Waals surface area contributed by atoms with Gasteiger partial charge in [0.15, 0.2) is 23.3 Å². The van der Waals surface area contributed by atoms with E-state index in [1.165, 1.54) is 24.3 Å². The summed E-state index contributed by atoms with van der Waals surface area (Å²) in [5, 5.41) is 5.39. The molecule has 15 aromatic rings. The molecule has 17 rings (SSSR count). The topological polar surface area (TPSA) is 267 Å². The predicted molar refractivity (Wildman–Crippen MR) is 326 cm³/mol. The highest BCUT2D eigenvalue weighted by atomic mass is 16.5. The van der Waals surface area contributed by atoms with Gasteiger partial charge in [0.1, 0.15) is 90.9 Å². The maximum atomic E-state index is 12.2. The monoisotopic (exact) mass is 1150 g/mol. The molecule has 0 saturated carbocycles. The number of rotatable bonds is 8. The fourth-order valence-electron chi connectivity index (χ4n) is 10.9. The molecule has 418 valence electrons. The lowest BCUT2D eigenvalue weighted by Gasteiger charge is -2.08. The van der Waals surface area contributed by atoms with Crippen LogP contribution in [-0.2, 0) is 0 Å². The molecule has 2 aliphatic heterocycles. The summed E-state index contributed by atoms with van der Waals surface area (Å²) in [5.74, 6) is 4.54. The van der Waals surface area contributed by atoms with E-state index in [4.69, 9.17) is 66.5 Å². The Hall–Kier alpha value is -12.8. The molecular formula is C68H34N8O12. The molecular weight excluding hydrogens is 1120 g/mol. The van der Waals surface area contributed by atoms with E-state index in [-0.39, 0.29) is 11.6 Å². The summed E-state index contributed by atoms with van der Waals surface area (Å²) < 4.78 is 47.7. The smallest absolute Gasteiger partial charge is 0.336 e. The van der Waals surface area contributed by atoms with E-state index < -0.39 is 22.5 Å². The van der Waals surface area contributed by atoms with Gasteiger partial charge in [-0.05, 0) is 146 Å². The summed E-state index contributed by atoms with van der Waals surface area (Å²) in [6.45, 7) is 0. The largest absolute Gasteiger partial charge is 0.457 e. The summed E-state index contributed by atoms with van der Waals surface area (Å²) in [6, 6.07) is 55.0. The van der Waals surface area contributed by atoms with Crippen molar-refractivity contribution in [2.24, 2.45) is 0 Å². The fourth-order valence-corrected chi connectivity index (χ4v) is 10.9. The number of fused-ring (bicyclic) bond motifs is 24. The van der Waals surface area contributed by atoms with Crippen LogP contribution in [0.5, 0.6) is 46.0 Å². The summed E-state index contributed by atoms with van der Waals surface area (Å²) in [4.78, 5) is 87.0. The van der Waals surface area contributed by atoms with Crippen LogP contribution in [0.3, 0.4) is 0 Å². The molecule has 0 aliphatic carbocycles. The molecule has 0 atom stereocenters. The van der Waals surface area contributed by atoms with Crippen molar-refractivity contribution >= 4 is 88.0 Å². The van der Waals surface area contributed by atoms with Crippen LogP contribution in [-0.4, -0.2) is 39.9 Å². The lowest BCUT2D eigenvalue weighted by molar-refractivity contribution is 0.480. The average molecular weight is 1160 g/mol. The van der Waals surface area contributed by atoms with E-state index in [1.54, 1.807) is 121 Å². The number of H-pyrrole nitrogens is 2. The summed E-state index contributed by atoms with van der Waals surface area (Å²) in [7, 11) is 0. The molecule has 8 aromatic carbocycles. The van der Waals surface area contributed by atoms with Gasteiger partial charge in [0.2, 0.25) is 0 Å². The van der Waals surface area contributed by atoms with E-state index in [0.717, 1.165) is 21.5 Å². The number of aromatic amines is 2. The molecule has 20 heteroatoms. The molecule has 0 fully saturated rings. The third-order valence-electron chi connectivity index (χ3n) is 15.0. The third kappa shape index (κ3) is 8.88. The van der Waals surface area contributed by atoms with Crippen molar-refractivity contribution in [1.82, 2.24) is 39.9 Å². The van der Waals surface area contributed by atoms with Crippen LogP contribution < -0.4 is 41.4 Å². The number of nitrogens with one attached hydrogen (secondary N) is 2. The first kappa shape index (κ1) is 49.7. The highest BCUT2D eigenvalue weighted by Gasteiger charge is 2.25. The van der Waals surface area contributed by atoms with Crippen LogP contribution in [0, 0.1) is 0 Å². The quantitative estimate of drug-likeness (QED) is 0.134. The third-order valence-corrected chi connectivity index (χ3v) is 15.0. The van der Waals surface area contributed by atoms with E-state index in [1.807, 2.05) is 48.5 Å². The van der Waals surface area contributed by atoms with Gasteiger partial charge in [0.25, 0.3) is 0 Å². The number of hydrogen-bond donors (Lipinski definition) is 2. The highest BCUT2D eigenvalue weighted by Crippen LogP contribution is 2.42. The maximum Gasteiger partial charge on any atom is 0.336 e. The van der Waals surface area contributed by atoms with Gasteiger partial charge in [-0.15, -0.1) is 0 Å². The zero-order chi connectivity index (χ0) is 58.7. The predicted octanol–water partition coefficient (Wildman–Crippen LogP) is 14.5. The van der Waals surface area contributed by atoms with Crippen LogP contribution in [0.25, 0.3) is 134 Å². The Morgan fingerprint density at radius 3 is 0.852 bits per heavy atom. The number of benzene rings is 8. The van der Waals surface area contributed by atoms with Crippen molar-refractivity contribution in [2.45, 2.75) is 0 Å². The molecule has 8 bridgehead atoms. The second-order valence-corrected chi connectivity index (χ2v) is 20.7. The molecule has 20 nitrogen and oxygen atoms in total. The molecule has 2 aliphatic rings. The Balaban J connectivity index is 0.880. The molecule has 0 saturated heterocycles. The Morgan fingerprint density at radius 2 is 0.511 bits per heavy atom. The first-order valence-electron chi connectivity index (χ1n) is 27.3. The summed E-state index contributed by atoms with van der Waals surface area (Å²) in [6.07, 6.45) is 0.